The van der Waals surface area contributed by atoms with E-state index in [1.165, 1.54) is 0 Å². The highest BCUT2D eigenvalue weighted by Crippen LogP contribution is 2.33. The lowest BCUT2D eigenvalue weighted by atomic mass is 9.97. The zero-order valence-corrected chi connectivity index (χ0v) is 20.4. The Morgan fingerprint density at radius 1 is 1.09 bits per heavy atom. The van der Waals surface area contributed by atoms with Gasteiger partial charge in [0.2, 0.25) is 0 Å². The van der Waals surface area contributed by atoms with E-state index < -0.39 is 0 Å². The van der Waals surface area contributed by atoms with Gasteiger partial charge in [0.05, 0.1) is 18.3 Å². The van der Waals surface area contributed by atoms with Gasteiger partial charge in [-0.15, -0.1) is 0 Å². The van der Waals surface area contributed by atoms with Gasteiger partial charge in [-0.2, -0.15) is 0 Å². The molecule has 0 radical (unpaired) electrons. The Morgan fingerprint density at radius 3 is 2.69 bits per heavy atom. The smallest absolute Gasteiger partial charge is 0.321 e. The molecule has 180 valence electrons. The minimum atomic E-state index is -0.0683. The number of methoxy groups -OCH3 is 1. The number of likely N-dealkylation sites (tertiary alicyclic amines) is 1. The Balaban J connectivity index is 1.39. The van der Waals surface area contributed by atoms with Gasteiger partial charge in [0, 0.05) is 56.2 Å². The number of hydrogen-bond acceptors (Lipinski definition) is 4. The predicted molar refractivity (Wildman–Crippen MR) is 141 cm³/mol. The number of ether oxygens (including phenoxy) is 1. The van der Waals surface area contributed by atoms with Crippen molar-refractivity contribution >= 4 is 22.9 Å². The lowest BCUT2D eigenvalue weighted by Gasteiger charge is -2.32. The van der Waals surface area contributed by atoms with E-state index in [9.17, 15) is 4.79 Å². The standard InChI is InChI=1S/C28H31N5O2/c1-31(2)23-14-12-22(13-15-23)29-28(34)32-16-7-9-21(19-32)27-30-26(25-11-4-5-17-33(25)27)20-8-6-10-24(18-20)35-3/h4-6,8,10-15,17-18,21H,7,9,16,19H2,1-3H3,(H,29,34)/t21-/m0/s1. The zero-order chi connectivity index (χ0) is 24.4. The molecule has 0 aliphatic carbocycles. The van der Waals surface area contributed by atoms with Gasteiger partial charge in [-0.25, -0.2) is 9.78 Å². The SMILES string of the molecule is COc1cccc(-c2nc([C@H]3CCCN(C(=O)Nc4ccc(N(C)C)cc4)C3)n3ccccc23)c1. The molecule has 2 aromatic carbocycles. The molecule has 0 saturated carbocycles. The van der Waals surface area contributed by atoms with Crippen molar-refractivity contribution < 1.29 is 9.53 Å². The van der Waals surface area contributed by atoms with Crippen LogP contribution in [-0.4, -0.2) is 54.6 Å². The lowest BCUT2D eigenvalue weighted by Crippen LogP contribution is -2.42. The first-order chi connectivity index (χ1) is 17.0. The fourth-order valence-corrected chi connectivity index (χ4v) is 4.75. The number of pyridine rings is 1. The van der Waals surface area contributed by atoms with Crippen LogP contribution in [0.25, 0.3) is 16.8 Å². The van der Waals surface area contributed by atoms with Crippen LogP contribution in [0.3, 0.4) is 0 Å². The van der Waals surface area contributed by atoms with Gasteiger partial charge in [-0.1, -0.05) is 18.2 Å². The zero-order valence-electron chi connectivity index (χ0n) is 20.4. The van der Waals surface area contributed by atoms with Crippen molar-refractivity contribution in [2.45, 2.75) is 18.8 Å². The molecule has 1 saturated heterocycles. The molecule has 1 aliphatic rings. The number of carbonyl (C=O) groups excluding carboxylic acids is 1. The maximum absolute atomic E-state index is 13.1. The summed E-state index contributed by atoms with van der Waals surface area (Å²) in [5.41, 5.74) is 4.90. The molecule has 2 aromatic heterocycles. The average molecular weight is 470 g/mol. The van der Waals surface area contributed by atoms with E-state index in [4.69, 9.17) is 9.72 Å². The van der Waals surface area contributed by atoms with Crippen LogP contribution in [0, 0.1) is 0 Å². The molecule has 3 heterocycles. The Morgan fingerprint density at radius 2 is 1.91 bits per heavy atom. The predicted octanol–water partition coefficient (Wildman–Crippen LogP) is 5.49. The number of hydrogen-bond donors (Lipinski definition) is 1. The van der Waals surface area contributed by atoms with Gasteiger partial charge >= 0.3 is 6.03 Å². The highest BCUT2D eigenvalue weighted by atomic mass is 16.5. The number of carbonyl (C=O) groups is 1. The van der Waals surface area contributed by atoms with Gasteiger partial charge in [0.1, 0.15) is 11.6 Å². The number of urea groups is 1. The summed E-state index contributed by atoms with van der Waals surface area (Å²) in [7, 11) is 5.68. The fourth-order valence-electron chi connectivity index (χ4n) is 4.75. The van der Waals surface area contributed by atoms with E-state index in [2.05, 4.69) is 28.0 Å². The van der Waals surface area contributed by atoms with Crippen molar-refractivity contribution in [2.75, 3.05) is 44.5 Å². The Labute approximate surface area is 206 Å². The van der Waals surface area contributed by atoms with E-state index in [0.29, 0.717) is 6.54 Å². The van der Waals surface area contributed by atoms with E-state index >= 15 is 0 Å². The molecule has 4 aromatic rings. The van der Waals surface area contributed by atoms with Crippen molar-refractivity contribution in [1.82, 2.24) is 14.3 Å². The quantitative estimate of drug-likeness (QED) is 0.420. The van der Waals surface area contributed by atoms with Crippen molar-refractivity contribution in [1.29, 1.82) is 0 Å². The summed E-state index contributed by atoms with van der Waals surface area (Å²) in [6.07, 6.45) is 3.99. The number of imidazole rings is 1. The molecule has 7 nitrogen and oxygen atoms in total. The number of nitrogens with one attached hydrogen (secondary N) is 1. The van der Waals surface area contributed by atoms with Crippen LogP contribution >= 0.6 is 0 Å². The number of aromatic nitrogens is 2. The van der Waals surface area contributed by atoms with E-state index in [1.807, 2.05) is 78.5 Å². The van der Waals surface area contributed by atoms with E-state index in [-0.39, 0.29) is 11.9 Å². The van der Waals surface area contributed by atoms with E-state index in [1.54, 1.807) is 7.11 Å². The number of amides is 2. The first kappa shape index (κ1) is 22.8. The van der Waals surface area contributed by atoms with Crippen LogP contribution in [0.5, 0.6) is 5.75 Å². The number of rotatable bonds is 5. The second-order valence-electron chi connectivity index (χ2n) is 9.16. The van der Waals surface area contributed by atoms with Crippen molar-refractivity contribution in [3.05, 3.63) is 78.8 Å². The Bertz CT molecular complexity index is 1330. The summed E-state index contributed by atoms with van der Waals surface area (Å²) < 4.78 is 7.60. The van der Waals surface area contributed by atoms with Gasteiger partial charge in [0.25, 0.3) is 0 Å². The summed E-state index contributed by atoms with van der Waals surface area (Å²) in [5, 5.41) is 3.06. The molecular formula is C28H31N5O2. The molecule has 0 unspecified atom stereocenters. The molecular weight excluding hydrogens is 438 g/mol. The topological polar surface area (TPSA) is 62.1 Å². The minimum absolute atomic E-state index is 0.0683. The van der Waals surface area contributed by atoms with Gasteiger partial charge < -0.3 is 24.3 Å². The van der Waals surface area contributed by atoms with Crippen LogP contribution in [0.15, 0.2) is 72.9 Å². The average Bonchev–Trinajstić information content (AvgIpc) is 3.29. The van der Waals surface area contributed by atoms with Crippen molar-refractivity contribution in [2.24, 2.45) is 0 Å². The summed E-state index contributed by atoms with van der Waals surface area (Å²) in [6, 6.07) is 22.0. The monoisotopic (exact) mass is 469 g/mol. The first-order valence-electron chi connectivity index (χ1n) is 12.0. The molecule has 0 spiro atoms. The molecule has 7 heteroatoms. The maximum Gasteiger partial charge on any atom is 0.321 e. The highest BCUT2D eigenvalue weighted by molar-refractivity contribution is 5.89. The Hall–Kier alpha value is -4.00. The number of piperidine rings is 1. The minimum Gasteiger partial charge on any atom is -0.497 e. The molecule has 35 heavy (non-hydrogen) atoms. The molecule has 2 amide bonds. The van der Waals surface area contributed by atoms with Crippen LogP contribution in [0.4, 0.5) is 16.2 Å². The number of benzene rings is 2. The second-order valence-corrected chi connectivity index (χ2v) is 9.16. The van der Waals surface area contributed by atoms with Gasteiger partial charge in [-0.3, -0.25) is 0 Å². The molecule has 1 N–H and O–H groups in total. The molecule has 0 bridgehead atoms. The summed E-state index contributed by atoms with van der Waals surface area (Å²) >= 11 is 0. The van der Waals surface area contributed by atoms with Crippen LogP contribution in [0.2, 0.25) is 0 Å². The highest BCUT2D eigenvalue weighted by Gasteiger charge is 2.28. The van der Waals surface area contributed by atoms with Crippen molar-refractivity contribution in [3.63, 3.8) is 0 Å². The third kappa shape index (κ3) is 4.67. The molecule has 1 atom stereocenters. The van der Waals surface area contributed by atoms with Gasteiger partial charge in [-0.05, 0) is 61.4 Å². The first-order valence-corrected chi connectivity index (χ1v) is 12.0. The lowest BCUT2D eigenvalue weighted by molar-refractivity contribution is 0.191. The maximum atomic E-state index is 13.1. The largest absolute Gasteiger partial charge is 0.497 e. The van der Waals surface area contributed by atoms with E-state index in [0.717, 1.165) is 59.1 Å². The summed E-state index contributed by atoms with van der Waals surface area (Å²) in [5.74, 6) is 1.95. The second kappa shape index (κ2) is 9.70. The normalized spacial score (nSPS) is 15.7. The third-order valence-corrected chi connectivity index (χ3v) is 6.63. The molecule has 1 aliphatic heterocycles. The Kier molecular flexibility index (Phi) is 6.31. The number of fused-ring (bicyclic) bond motifs is 1. The van der Waals surface area contributed by atoms with Crippen LogP contribution in [0.1, 0.15) is 24.6 Å². The number of nitrogens with zero attached hydrogens (tertiary/aromatic N) is 4. The number of anilines is 2. The third-order valence-electron chi connectivity index (χ3n) is 6.63. The van der Waals surface area contributed by atoms with Crippen LogP contribution in [-0.2, 0) is 0 Å². The summed E-state index contributed by atoms with van der Waals surface area (Å²) in [6.45, 7) is 1.37. The van der Waals surface area contributed by atoms with Crippen molar-refractivity contribution in [3.8, 4) is 17.0 Å². The fraction of sp³-hybridized carbons (Fsp3) is 0.286. The molecule has 1 fully saturated rings. The summed E-state index contributed by atoms with van der Waals surface area (Å²) in [4.78, 5) is 22.1. The van der Waals surface area contributed by atoms with Crippen LogP contribution < -0.4 is 15.0 Å². The molecule has 5 rings (SSSR count). The van der Waals surface area contributed by atoms with Gasteiger partial charge in [0.15, 0.2) is 0 Å².